The van der Waals surface area contributed by atoms with Crippen molar-refractivity contribution >= 4 is 46.8 Å². The molecule has 0 aliphatic carbocycles. The molecule has 11 heavy (non-hydrogen) atoms. The van der Waals surface area contributed by atoms with Crippen molar-refractivity contribution in [1.82, 2.24) is 0 Å². The molecule has 0 aromatic heterocycles. The van der Waals surface area contributed by atoms with Crippen molar-refractivity contribution in [2.24, 2.45) is 0 Å². The number of halogens is 1. The normalized spacial score (nSPS) is 8.45. The topological polar surface area (TPSA) is 43.1 Å². The average molecular weight is 181 g/mol. The molecule has 3 nitrogen and oxygen atoms in total. The average Bonchev–Trinajstić information content (AvgIpc) is 1.88. The minimum atomic E-state index is -0.480. The van der Waals surface area contributed by atoms with E-state index in [0.717, 1.165) is 0 Å². The summed E-state index contributed by atoms with van der Waals surface area (Å²) >= 11 is 5.48. The molecule has 0 saturated carbocycles. The van der Waals surface area contributed by atoms with Gasteiger partial charge in [-0.1, -0.05) is 17.7 Å². The first kappa shape index (κ1) is 10.9. The molecule has 53 valence electrons. The van der Waals surface area contributed by atoms with Crippen LogP contribution in [0.1, 0.15) is 0 Å². The Labute approximate surface area is 90.8 Å². The fourth-order valence-corrected chi connectivity index (χ4v) is 0.774. The van der Waals surface area contributed by atoms with E-state index in [4.69, 9.17) is 11.6 Å². The van der Waals surface area contributed by atoms with Crippen LogP contribution in [0.3, 0.4) is 0 Å². The van der Waals surface area contributed by atoms with Crippen LogP contribution in [-0.4, -0.2) is 34.5 Å². The monoisotopic (exact) mass is 180 g/mol. The summed E-state index contributed by atoms with van der Waals surface area (Å²) in [6, 6.07) is 5.84. The van der Waals surface area contributed by atoms with Crippen molar-refractivity contribution in [3.63, 3.8) is 0 Å². The van der Waals surface area contributed by atoms with Crippen LogP contribution >= 0.6 is 11.6 Å². The molecule has 0 atom stereocenters. The van der Waals surface area contributed by atoms with Gasteiger partial charge in [-0.2, -0.15) is 0 Å². The molecule has 5 heteroatoms. The molecule has 0 spiro atoms. The molecule has 0 aliphatic rings. The first-order valence-electron chi connectivity index (χ1n) is 2.60. The number of benzene rings is 1. The zero-order valence-corrected chi connectivity index (χ0v) is 8.71. The Morgan fingerprint density at radius 3 is 2.45 bits per heavy atom. The van der Waals surface area contributed by atoms with Gasteiger partial charge in [-0.25, -0.2) is 0 Å². The van der Waals surface area contributed by atoms with E-state index < -0.39 is 4.92 Å². The number of nitro benzene ring substituents is 1. The van der Waals surface area contributed by atoms with Gasteiger partial charge in [0.1, 0.15) is 0 Å². The first-order valence-corrected chi connectivity index (χ1v) is 2.98. The molecule has 0 amide bonds. The van der Waals surface area contributed by atoms with Gasteiger partial charge in [-0.05, 0) is 6.07 Å². The SMILES string of the molecule is O=[N+]([O-])c1cccc(Cl)c1.[Na]. The maximum absolute atomic E-state index is 10.1. The summed E-state index contributed by atoms with van der Waals surface area (Å²) in [6.07, 6.45) is 0. The summed E-state index contributed by atoms with van der Waals surface area (Å²) in [7, 11) is 0. The minimum Gasteiger partial charge on any atom is -0.258 e. The van der Waals surface area contributed by atoms with Crippen molar-refractivity contribution in [2.75, 3.05) is 0 Å². The predicted molar refractivity (Wildman–Crippen MR) is 43.9 cm³/mol. The Bertz CT molecular complexity index is 267. The second-order valence-corrected chi connectivity index (χ2v) is 2.17. The molecule has 0 fully saturated rings. The number of non-ortho nitro benzene ring substituents is 1. The van der Waals surface area contributed by atoms with Crippen LogP contribution in [-0.2, 0) is 0 Å². The number of hydrogen-bond donors (Lipinski definition) is 0. The largest absolute Gasteiger partial charge is 0.270 e. The van der Waals surface area contributed by atoms with Crippen LogP contribution in [0.25, 0.3) is 0 Å². The minimum absolute atomic E-state index is 0. The first-order chi connectivity index (χ1) is 4.70. The van der Waals surface area contributed by atoms with Crippen molar-refractivity contribution in [2.45, 2.75) is 0 Å². The van der Waals surface area contributed by atoms with Crippen LogP contribution in [0.2, 0.25) is 5.02 Å². The van der Waals surface area contributed by atoms with E-state index in [9.17, 15) is 10.1 Å². The van der Waals surface area contributed by atoms with Crippen LogP contribution < -0.4 is 0 Å². The van der Waals surface area contributed by atoms with Crippen LogP contribution in [0.4, 0.5) is 5.69 Å². The van der Waals surface area contributed by atoms with Gasteiger partial charge in [-0.15, -0.1) is 0 Å². The van der Waals surface area contributed by atoms with Gasteiger partial charge in [0.2, 0.25) is 0 Å². The summed E-state index contributed by atoms with van der Waals surface area (Å²) < 4.78 is 0. The Hall–Kier alpha value is -0.0900. The molecular weight excluding hydrogens is 177 g/mol. The molecule has 0 aliphatic heterocycles. The van der Waals surface area contributed by atoms with Crippen molar-refractivity contribution < 1.29 is 4.92 Å². The van der Waals surface area contributed by atoms with E-state index in [-0.39, 0.29) is 35.2 Å². The summed E-state index contributed by atoms with van der Waals surface area (Å²) in [5.74, 6) is 0. The number of nitro groups is 1. The molecule has 1 radical (unpaired) electrons. The molecule has 0 bridgehead atoms. The Balaban J connectivity index is 0.000001000. The van der Waals surface area contributed by atoms with E-state index in [1.807, 2.05) is 0 Å². The molecule has 1 aromatic carbocycles. The predicted octanol–water partition coefficient (Wildman–Crippen LogP) is 1.87. The number of hydrogen-bond acceptors (Lipinski definition) is 2. The molecule has 1 aromatic rings. The summed E-state index contributed by atoms with van der Waals surface area (Å²) in [4.78, 5) is 9.62. The van der Waals surface area contributed by atoms with Gasteiger partial charge in [0.25, 0.3) is 5.69 Å². The van der Waals surface area contributed by atoms with Crippen molar-refractivity contribution in [3.05, 3.63) is 39.4 Å². The van der Waals surface area contributed by atoms with Gasteiger partial charge in [0.05, 0.1) is 4.92 Å². The second kappa shape index (κ2) is 4.72. The van der Waals surface area contributed by atoms with Gasteiger partial charge < -0.3 is 0 Å². The molecule has 0 saturated heterocycles. The molecule has 0 unspecified atom stereocenters. The van der Waals surface area contributed by atoms with Gasteiger partial charge in [0, 0.05) is 46.7 Å². The Morgan fingerprint density at radius 2 is 2.09 bits per heavy atom. The fourth-order valence-electron chi connectivity index (χ4n) is 0.590. The molecular formula is C6H4ClNNaO2. The number of rotatable bonds is 1. The van der Waals surface area contributed by atoms with Gasteiger partial charge >= 0.3 is 0 Å². The summed E-state index contributed by atoms with van der Waals surface area (Å²) in [5, 5.41) is 10.5. The van der Waals surface area contributed by atoms with Gasteiger partial charge in [0.15, 0.2) is 0 Å². The van der Waals surface area contributed by atoms with E-state index in [1.54, 1.807) is 12.1 Å². The third kappa shape index (κ3) is 3.20. The molecule has 0 heterocycles. The van der Waals surface area contributed by atoms with Crippen LogP contribution in [0.5, 0.6) is 0 Å². The second-order valence-electron chi connectivity index (χ2n) is 1.74. The van der Waals surface area contributed by atoms with Gasteiger partial charge in [-0.3, -0.25) is 10.1 Å². The Morgan fingerprint density at radius 1 is 1.45 bits per heavy atom. The van der Waals surface area contributed by atoms with E-state index >= 15 is 0 Å². The van der Waals surface area contributed by atoms with E-state index in [2.05, 4.69) is 0 Å². The smallest absolute Gasteiger partial charge is 0.258 e. The summed E-state index contributed by atoms with van der Waals surface area (Å²) in [5.41, 5.74) is 0.0208. The van der Waals surface area contributed by atoms with Crippen molar-refractivity contribution in [1.29, 1.82) is 0 Å². The number of nitrogens with zero attached hydrogens (tertiary/aromatic N) is 1. The maximum Gasteiger partial charge on any atom is 0.270 e. The quantitative estimate of drug-likeness (QED) is 0.376. The third-order valence-corrected chi connectivity index (χ3v) is 1.25. The van der Waals surface area contributed by atoms with Crippen LogP contribution in [0.15, 0.2) is 24.3 Å². The van der Waals surface area contributed by atoms with Crippen LogP contribution in [0, 0.1) is 10.1 Å². The summed E-state index contributed by atoms with van der Waals surface area (Å²) in [6.45, 7) is 0. The fraction of sp³-hybridized carbons (Fsp3) is 0. The maximum atomic E-state index is 10.1. The zero-order valence-electron chi connectivity index (χ0n) is 5.95. The van der Waals surface area contributed by atoms with E-state index in [0.29, 0.717) is 5.02 Å². The third-order valence-electron chi connectivity index (χ3n) is 1.02. The van der Waals surface area contributed by atoms with Crippen molar-refractivity contribution in [3.8, 4) is 0 Å². The zero-order chi connectivity index (χ0) is 7.56. The standard InChI is InChI=1S/C6H4ClNO2.Na/c7-5-2-1-3-6(4-5)8(9)10;/h1-4H;. The van der Waals surface area contributed by atoms with E-state index in [1.165, 1.54) is 12.1 Å². The molecule has 0 N–H and O–H groups in total. The molecule has 1 rings (SSSR count). The Kier molecular flexibility index (Phi) is 4.68.